The Morgan fingerprint density at radius 2 is 1.00 bits per heavy atom. The molecule has 0 aromatic heterocycles. The Kier molecular flexibility index (Phi) is 288. The maximum atomic E-state index is 0. The summed E-state index contributed by atoms with van der Waals surface area (Å²) < 4.78 is 0. The molecule has 0 aromatic rings. The van der Waals surface area contributed by atoms with Gasteiger partial charge in [-0.2, -0.15) is 0 Å². The molecule has 0 rings (SSSR count). The standard InChI is InChI=1S/Cr.Fe.Mn.H3Si.Zr/h;;;1H3;. The van der Waals surface area contributed by atoms with E-state index in [1.165, 1.54) is 0 Å². The molecule has 0 nitrogen and oxygen atoms in total. The van der Waals surface area contributed by atoms with Crippen LogP contribution in [0.15, 0.2) is 0 Å². The van der Waals surface area contributed by atoms with Crippen LogP contribution in [-0.2, 0) is 77.7 Å². The molecule has 0 heterocycles. The Morgan fingerprint density at radius 3 is 1.00 bits per heavy atom. The summed E-state index contributed by atoms with van der Waals surface area (Å²) in [6.45, 7) is 0. The summed E-state index contributed by atoms with van der Waals surface area (Å²) in [5, 5.41) is 0. The molecule has 0 N–H and O–H groups in total. The molecule has 5 heteroatoms. The van der Waals surface area contributed by atoms with Crippen LogP contribution in [0.1, 0.15) is 0 Å². The summed E-state index contributed by atoms with van der Waals surface area (Å²) in [5.41, 5.74) is 0. The SMILES string of the molecule is [Cr].[Fe].[Mn].[SiH3].[Zr]. The number of hydrogen-bond donors (Lipinski definition) is 0. The van der Waals surface area contributed by atoms with E-state index in [0.29, 0.717) is 0 Å². The van der Waals surface area contributed by atoms with Crippen LogP contribution in [0, 0.1) is 0 Å². The Hall–Kier alpha value is 2.67. The van der Waals surface area contributed by atoms with Crippen LogP contribution in [0.4, 0.5) is 0 Å². The van der Waals surface area contributed by atoms with Crippen molar-refractivity contribution >= 4 is 11.0 Å². The van der Waals surface area contributed by atoms with Crippen molar-refractivity contribution in [1.29, 1.82) is 0 Å². The van der Waals surface area contributed by atoms with Crippen LogP contribution in [0.2, 0.25) is 0 Å². The second-order valence-corrected chi connectivity index (χ2v) is 0. The minimum atomic E-state index is 0. The van der Waals surface area contributed by atoms with E-state index in [1.54, 1.807) is 0 Å². The third-order valence-electron chi connectivity index (χ3n) is 0. The molecule has 0 aliphatic heterocycles. The fraction of sp³-hybridized carbons (Fsp3) is 0. The van der Waals surface area contributed by atoms with Crippen molar-refractivity contribution in [3.63, 3.8) is 0 Å². The molecule has 0 unspecified atom stereocenters. The fourth-order valence-corrected chi connectivity index (χ4v) is 0. The number of rotatable bonds is 0. The van der Waals surface area contributed by atoms with Gasteiger partial charge in [0, 0.05) is 77.7 Å². The Balaban J connectivity index is 0. The smallest absolute Gasteiger partial charge is 0 e. The topological polar surface area (TPSA) is 0 Å². The van der Waals surface area contributed by atoms with Crippen LogP contribution < -0.4 is 0 Å². The van der Waals surface area contributed by atoms with E-state index in [4.69, 9.17) is 0 Å². The third kappa shape index (κ3) is 20.4. The predicted molar refractivity (Wildman–Crippen MR) is 9.94 cm³/mol. The van der Waals surface area contributed by atoms with E-state index in [0.717, 1.165) is 0 Å². The van der Waals surface area contributed by atoms with Gasteiger partial charge >= 0.3 is 0 Å². The van der Waals surface area contributed by atoms with Gasteiger partial charge in [0.2, 0.25) is 0 Å². The van der Waals surface area contributed by atoms with Crippen molar-refractivity contribution in [2.24, 2.45) is 0 Å². The first kappa shape index (κ1) is 47.8. The van der Waals surface area contributed by atoms with E-state index >= 15 is 0 Å². The third-order valence-corrected chi connectivity index (χ3v) is 0. The molecule has 0 spiro atoms. The van der Waals surface area contributed by atoms with Crippen molar-refractivity contribution in [2.45, 2.75) is 0 Å². The van der Waals surface area contributed by atoms with Crippen molar-refractivity contribution < 1.29 is 77.7 Å². The molecule has 0 atom stereocenters. The van der Waals surface area contributed by atoms with Crippen molar-refractivity contribution in [2.75, 3.05) is 0 Å². The molecule has 0 saturated heterocycles. The molecule has 0 aliphatic carbocycles. The van der Waals surface area contributed by atoms with E-state index in [9.17, 15) is 0 Å². The van der Waals surface area contributed by atoms with Gasteiger partial charge in [-0.1, -0.05) is 0 Å². The molecule has 0 aromatic carbocycles. The van der Waals surface area contributed by atoms with Crippen LogP contribution in [0.3, 0.4) is 0 Å². The van der Waals surface area contributed by atoms with E-state index < -0.39 is 0 Å². The minimum absolute atomic E-state index is 0. The second-order valence-electron chi connectivity index (χ2n) is 0. The summed E-state index contributed by atoms with van der Waals surface area (Å²) >= 11 is 0. The molecule has 0 saturated carbocycles. The monoisotopic (exact) mass is 284 g/mol. The molecule has 32 valence electrons. The van der Waals surface area contributed by atoms with Gasteiger partial charge in [-0.25, -0.2) is 0 Å². The summed E-state index contributed by atoms with van der Waals surface area (Å²) in [5.74, 6) is 0. The Labute approximate surface area is 87.5 Å². The van der Waals surface area contributed by atoms with Gasteiger partial charge in [-0.15, -0.1) is 0 Å². The van der Waals surface area contributed by atoms with Gasteiger partial charge in [-0.05, 0) is 11.0 Å². The van der Waals surface area contributed by atoms with Gasteiger partial charge in [0.15, 0.2) is 0 Å². The molecule has 5 heavy (non-hydrogen) atoms. The van der Waals surface area contributed by atoms with Gasteiger partial charge in [0.1, 0.15) is 0 Å². The maximum Gasteiger partial charge on any atom is 0 e. The molecule has 0 fully saturated rings. The summed E-state index contributed by atoms with van der Waals surface area (Å²) in [7, 11) is 0. The average molecular weight is 285 g/mol. The first-order valence-electron chi connectivity index (χ1n) is 0. The maximum absolute atomic E-state index is 0. The van der Waals surface area contributed by atoms with Crippen molar-refractivity contribution in [1.82, 2.24) is 0 Å². The molecule has 0 aliphatic rings. The normalized spacial score (nSPS) is 0. The molecule has 2 radical (unpaired) electrons. The molecule has 0 bridgehead atoms. The zero-order valence-electron chi connectivity index (χ0n) is 2.64. The predicted octanol–water partition coefficient (Wildman–Crippen LogP) is -1.19. The number of hydrogen-bond acceptors (Lipinski definition) is 0. The fourth-order valence-electron chi connectivity index (χ4n) is 0. The van der Waals surface area contributed by atoms with Gasteiger partial charge < -0.3 is 0 Å². The zero-order valence-corrected chi connectivity index (χ0v) is 10.7. The molecular weight excluding hydrogens is 282 g/mol. The van der Waals surface area contributed by atoms with Crippen molar-refractivity contribution in [3.8, 4) is 0 Å². The quantitative estimate of drug-likeness (QED) is 0.491. The van der Waals surface area contributed by atoms with Gasteiger partial charge in [-0.3, -0.25) is 0 Å². The average Bonchev–Trinajstić information content (AvgIpc) is 0. The van der Waals surface area contributed by atoms with E-state index in [1.807, 2.05) is 0 Å². The summed E-state index contributed by atoms with van der Waals surface area (Å²) in [4.78, 5) is 0. The first-order chi connectivity index (χ1) is 0. The van der Waals surface area contributed by atoms with Gasteiger partial charge in [0.05, 0.1) is 0 Å². The largest absolute Gasteiger partial charge is 0.0125 e. The molecular formula is H3CrFeMnSiZr. The van der Waals surface area contributed by atoms with Crippen LogP contribution in [-0.4, -0.2) is 11.0 Å². The van der Waals surface area contributed by atoms with Crippen LogP contribution >= 0.6 is 0 Å². The summed E-state index contributed by atoms with van der Waals surface area (Å²) in [6, 6.07) is 0. The first-order valence-corrected chi connectivity index (χ1v) is 0. The minimum Gasteiger partial charge on any atom is -0.0125 e. The zero-order chi connectivity index (χ0) is 0. The van der Waals surface area contributed by atoms with E-state index in [-0.39, 0.29) is 88.7 Å². The van der Waals surface area contributed by atoms with Crippen LogP contribution in [0.25, 0.3) is 0 Å². The van der Waals surface area contributed by atoms with Gasteiger partial charge in [0.25, 0.3) is 0 Å². The molecule has 0 amide bonds. The summed E-state index contributed by atoms with van der Waals surface area (Å²) in [6.07, 6.45) is 0. The van der Waals surface area contributed by atoms with Crippen LogP contribution in [0.5, 0.6) is 0 Å². The Bertz CT molecular complexity index is 11.6. The van der Waals surface area contributed by atoms with Crippen molar-refractivity contribution in [3.05, 3.63) is 0 Å². The Morgan fingerprint density at radius 1 is 1.00 bits per heavy atom. The second kappa shape index (κ2) is 30.1. The van der Waals surface area contributed by atoms with E-state index in [2.05, 4.69) is 0 Å².